The summed E-state index contributed by atoms with van der Waals surface area (Å²) in [5, 5.41) is 8.98. The van der Waals surface area contributed by atoms with Gasteiger partial charge in [0.2, 0.25) is 0 Å². The molecule has 4 nitrogen and oxygen atoms in total. The molecule has 0 radical (unpaired) electrons. The maximum Gasteiger partial charge on any atom is 0.339 e. The number of carboxylic acids is 1. The highest BCUT2D eigenvalue weighted by Crippen LogP contribution is 2.22. The number of hydrogen-bond acceptors (Lipinski definition) is 3. The number of aromatic carboxylic acids is 1. The number of rotatable bonds is 2. The number of nitrogens with one attached hydrogen (secondary N) is 1. The quantitative estimate of drug-likeness (QED) is 0.822. The van der Waals surface area contributed by atoms with E-state index >= 15 is 0 Å². The maximum absolute atomic E-state index is 13.1. The van der Waals surface area contributed by atoms with Crippen molar-refractivity contribution in [1.29, 1.82) is 0 Å². The summed E-state index contributed by atoms with van der Waals surface area (Å²) < 4.78 is 26.0. The minimum absolute atomic E-state index is 0.0553. The number of halogens is 2. The summed E-state index contributed by atoms with van der Waals surface area (Å²) in [7, 11) is 0. The molecule has 1 aromatic carbocycles. The Bertz CT molecular complexity index is 685. The molecule has 0 unspecified atom stereocenters. The van der Waals surface area contributed by atoms with Crippen LogP contribution in [-0.4, -0.2) is 21.0 Å². The number of carbonyl (C=O) groups is 1. The molecule has 0 atom stereocenters. The lowest BCUT2D eigenvalue weighted by molar-refractivity contribution is 0.0697. The molecule has 1 aromatic heterocycles. The second-order valence-electron chi connectivity index (χ2n) is 3.41. The zero-order valence-corrected chi connectivity index (χ0v) is 9.59. The van der Waals surface area contributed by atoms with E-state index in [2.05, 4.69) is 9.97 Å². The van der Waals surface area contributed by atoms with Crippen molar-refractivity contribution < 1.29 is 18.7 Å². The van der Waals surface area contributed by atoms with Gasteiger partial charge in [-0.05, 0) is 30.4 Å². The molecule has 0 saturated heterocycles. The first-order chi connectivity index (χ1) is 8.49. The Labute approximate surface area is 105 Å². The third-order valence-corrected chi connectivity index (χ3v) is 2.46. The van der Waals surface area contributed by atoms with E-state index in [0.29, 0.717) is 0 Å². The summed E-state index contributed by atoms with van der Waals surface area (Å²) in [4.78, 5) is 17.2. The number of hydrogen-bond donors (Lipinski definition) is 2. The van der Waals surface area contributed by atoms with Crippen LogP contribution < -0.4 is 0 Å². The van der Waals surface area contributed by atoms with Gasteiger partial charge in [-0.1, -0.05) is 0 Å². The van der Waals surface area contributed by atoms with Crippen LogP contribution in [-0.2, 0) is 0 Å². The molecule has 7 heteroatoms. The SMILES string of the molecule is O=C(O)c1cnc(=S)[nH]c1-c1ccc(F)c(F)c1. The summed E-state index contributed by atoms with van der Waals surface area (Å²) in [5.41, 5.74) is 0.0933. The number of H-pyrrole nitrogens is 1. The Balaban J connectivity index is 2.69. The summed E-state index contributed by atoms with van der Waals surface area (Å²) in [5.74, 6) is -3.32. The van der Waals surface area contributed by atoms with Gasteiger partial charge in [0, 0.05) is 11.8 Å². The van der Waals surface area contributed by atoms with Crippen molar-refractivity contribution >= 4 is 18.2 Å². The largest absolute Gasteiger partial charge is 0.478 e. The monoisotopic (exact) mass is 268 g/mol. The highest BCUT2D eigenvalue weighted by molar-refractivity contribution is 7.71. The number of aromatic amines is 1. The lowest BCUT2D eigenvalue weighted by Crippen LogP contribution is -2.03. The topological polar surface area (TPSA) is 66.0 Å². The van der Waals surface area contributed by atoms with E-state index in [9.17, 15) is 13.6 Å². The molecule has 0 fully saturated rings. The van der Waals surface area contributed by atoms with Gasteiger partial charge in [0.05, 0.1) is 5.69 Å². The van der Waals surface area contributed by atoms with Crippen LogP contribution in [0.2, 0.25) is 0 Å². The Morgan fingerprint density at radius 1 is 1.33 bits per heavy atom. The highest BCUT2D eigenvalue weighted by Gasteiger charge is 2.14. The fourth-order valence-corrected chi connectivity index (χ4v) is 1.59. The third kappa shape index (κ3) is 2.25. The molecule has 0 aliphatic heterocycles. The van der Waals surface area contributed by atoms with Crippen LogP contribution in [0.15, 0.2) is 24.4 Å². The summed E-state index contributed by atoms with van der Waals surface area (Å²) in [6.07, 6.45) is 1.07. The van der Waals surface area contributed by atoms with Crippen LogP contribution in [0.1, 0.15) is 10.4 Å². The van der Waals surface area contributed by atoms with Crippen LogP contribution in [0.25, 0.3) is 11.3 Å². The Kier molecular flexibility index (Phi) is 3.15. The van der Waals surface area contributed by atoms with Crippen LogP contribution in [0.3, 0.4) is 0 Å². The van der Waals surface area contributed by atoms with E-state index in [4.69, 9.17) is 17.3 Å². The van der Waals surface area contributed by atoms with E-state index in [1.54, 1.807) is 0 Å². The molecule has 0 aliphatic rings. The van der Waals surface area contributed by atoms with Crippen molar-refractivity contribution in [1.82, 2.24) is 9.97 Å². The molecular formula is C11H6F2N2O2S. The predicted molar refractivity (Wildman–Crippen MR) is 61.7 cm³/mol. The first kappa shape index (κ1) is 12.3. The minimum Gasteiger partial charge on any atom is -0.478 e. The number of nitrogens with zero attached hydrogens (tertiary/aromatic N) is 1. The Morgan fingerprint density at radius 3 is 2.67 bits per heavy atom. The number of carboxylic acid groups (broad SMARTS) is 1. The minimum atomic E-state index is -1.24. The van der Waals surface area contributed by atoms with E-state index in [1.807, 2.05) is 0 Å². The van der Waals surface area contributed by atoms with Crippen molar-refractivity contribution in [2.45, 2.75) is 0 Å². The van der Waals surface area contributed by atoms with E-state index < -0.39 is 17.6 Å². The van der Waals surface area contributed by atoms with Gasteiger partial charge < -0.3 is 10.1 Å². The Morgan fingerprint density at radius 2 is 2.06 bits per heavy atom. The van der Waals surface area contributed by atoms with Gasteiger partial charge in [-0.2, -0.15) is 0 Å². The molecule has 0 saturated carbocycles. The van der Waals surface area contributed by atoms with Gasteiger partial charge in [-0.15, -0.1) is 0 Å². The third-order valence-electron chi connectivity index (χ3n) is 2.25. The summed E-state index contributed by atoms with van der Waals surface area (Å²) >= 11 is 4.78. The van der Waals surface area contributed by atoms with Crippen molar-refractivity contribution in [3.63, 3.8) is 0 Å². The average molecular weight is 268 g/mol. The summed E-state index contributed by atoms with van der Waals surface area (Å²) in [6, 6.07) is 3.06. The zero-order valence-electron chi connectivity index (χ0n) is 8.78. The van der Waals surface area contributed by atoms with Gasteiger partial charge in [0.15, 0.2) is 16.4 Å². The molecule has 0 spiro atoms. The van der Waals surface area contributed by atoms with Gasteiger partial charge in [-0.25, -0.2) is 18.6 Å². The summed E-state index contributed by atoms with van der Waals surface area (Å²) in [6.45, 7) is 0. The van der Waals surface area contributed by atoms with E-state index in [-0.39, 0.29) is 21.6 Å². The number of aromatic nitrogens is 2. The molecule has 2 rings (SSSR count). The molecule has 1 heterocycles. The van der Waals surface area contributed by atoms with E-state index in [0.717, 1.165) is 18.3 Å². The second-order valence-corrected chi connectivity index (χ2v) is 3.80. The molecule has 2 aromatic rings. The fourth-order valence-electron chi connectivity index (χ4n) is 1.44. The Hall–Kier alpha value is -2.15. The molecule has 0 amide bonds. The lowest BCUT2D eigenvalue weighted by atomic mass is 10.1. The molecule has 2 N–H and O–H groups in total. The zero-order chi connectivity index (χ0) is 13.3. The smallest absolute Gasteiger partial charge is 0.339 e. The highest BCUT2D eigenvalue weighted by atomic mass is 32.1. The van der Waals surface area contributed by atoms with Crippen LogP contribution in [0.5, 0.6) is 0 Å². The predicted octanol–water partition coefficient (Wildman–Crippen LogP) is 2.78. The number of benzene rings is 1. The van der Waals surface area contributed by atoms with Gasteiger partial charge >= 0.3 is 5.97 Å². The van der Waals surface area contributed by atoms with E-state index in [1.165, 1.54) is 6.07 Å². The van der Waals surface area contributed by atoms with Crippen molar-refractivity contribution in [2.75, 3.05) is 0 Å². The molecule has 18 heavy (non-hydrogen) atoms. The molecule has 0 bridgehead atoms. The van der Waals surface area contributed by atoms with Crippen molar-refractivity contribution in [2.24, 2.45) is 0 Å². The van der Waals surface area contributed by atoms with Crippen LogP contribution in [0, 0.1) is 16.4 Å². The lowest BCUT2D eigenvalue weighted by Gasteiger charge is -2.06. The second kappa shape index (κ2) is 4.61. The first-order valence-electron chi connectivity index (χ1n) is 4.77. The van der Waals surface area contributed by atoms with Gasteiger partial charge in [-0.3, -0.25) is 0 Å². The van der Waals surface area contributed by atoms with Crippen molar-refractivity contribution in [3.8, 4) is 11.3 Å². The van der Waals surface area contributed by atoms with Crippen molar-refractivity contribution in [3.05, 3.63) is 46.4 Å². The standard InChI is InChI=1S/C11H6F2N2O2S/c12-7-2-1-5(3-8(7)13)9-6(10(16)17)4-14-11(18)15-9/h1-4H,(H,16,17)(H,14,15,18). The first-order valence-corrected chi connectivity index (χ1v) is 5.18. The van der Waals surface area contributed by atoms with Gasteiger partial charge in [0.1, 0.15) is 5.56 Å². The van der Waals surface area contributed by atoms with Gasteiger partial charge in [0.25, 0.3) is 0 Å². The normalized spacial score (nSPS) is 10.3. The van der Waals surface area contributed by atoms with Crippen LogP contribution >= 0.6 is 12.2 Å². The molecular weight excluding hydrogens is 262 g/mol. The fraction of sp³-hybridized carbons (Fsp3) is 0. The molecule has 92 valence electrons. The maximum atomic E-state index is 13.1. The average Bonchev–Trinajstić information content (AvgIpc) is 2.32. The molecule has 0 aliphatic carbocycles. The van der Waals surface area contributed by atoms with Crippen LogP contribution in [0.4, 0.5) is 8.78 Å².